The van der Waals surface area contributed by atoms with Gasteiger partial charge in [0.25, 0.3) is 5.91 Å². The van der Waals surface area contributed by atoms with Gasteiger partial charge in [-0.2, -0.15) is 0 Å². The van der Waals surface area contributed by atoms with Crippen molar-refractivity contribution < 1.29 is 4.79 Å². The number of aromatic nitrogens is 2. The Morgan fingerprint density at radius 2 is 1.83 bits per heavy atom. The Morgan fingerprint density at radius 3 is 2.58 bits per heavy atom. The molecular formula is C19H26N4O. The van der Waals surface area contributed by atoms with Crippen LogP contribution in [0.25, 0.3) is 5.65 Å². The summed E-state index contributed by atoms with van der Waals surface area (Å²) in [6.45, 7) is 5.60. The van der Waals surface area contributed by atoms with Crippen LogP contribution in [0.2, 0.25) is 0 Å². The van der Waals surface area contributed by atoms with Crippen LogP contribution in [0.15, 0.2) is 24.4 Å². The topological polar surface area (TPSA) is 40.9 Å². The molecule has 2 aliphatic rings. The van der Waals surface area contributed by atoms with Gasteiger partial charge in [-0.3, -0.25) is 14.1 Å². The quantitative estimate of drug-likeness (QED) is 0.852. The maximum absolute atomic E-state index is 13.0. The number of hydrogen-bond donors (Lipinski definition) is 0. The minimum absolute atomic E-state index is 0.120. The van der Waals surface area contributed by atoms with E-state index in [4.69, 9.17) is 0 Å². The number of carbonyl (C=O) groups is 1. The third kappa shape index (κ3) is 2.81. The molecule has 1 saturated heterocycles. The number of hydrogen-bond acceptors (Lipinski definition) is 3. The molecule has 24 heavy (non-hydrogen) atoms. The third-order valence-electron chi connectivity index (χ3n) is 5.60. The van der Waals surface area contributed by atoms with Crippen LogP contribution in [0.1, 0.15) is 48.3 Å². The molecule has 1 aliphatic heterocycles. The van der Waals surface area contributed by atoms with E-state index >= 15 is 0 Å². The average molecular weight is 326 g/mol. The maximum Gasteiger partial charge on any atom is 0.272 e. The van der Waals surface area contributed by atoms with E-state index in [9.17, 15) is 4.79 Å². The molecule has 0 radical (unpaired) electrons. The second-order valence-electron chi connectivity index (χ2n) is 7.09. The van der Waals surface area contributed by atoms with E-state index in [-0.39, 0.29) is 5.91 Å². The lowest BCUT2D eigenvalue weighted by molar-refractivity contribution is 0.0517. The summed E-state index contributed by atoms with van der Waals surface area (Å²) in [6, 6.07) is 6.60. The fraction of sp³-hybridized carbons (Fsp3) is 0.579. The molecule has 1 aliphatic carbocycles. The molecule has 1 saturated carbocycles. The van der Waals surface area contributed by atoms with Gasteiger partial charge in [0.1, 0.15) is 11.3 Å². The Balaban J connectivity index is 1.47. The number of imidazole rings is 1. The van der Waals surface area contributed by atoms with E-state index in [0.29, 0.717) is 0 Å². The number of amides is 1. The summed E-state index contributed by atoms with van der Waals surface area (Å²) in [6.07, 6.45) is 8.72. The van der Waals surface area contributed by atoms with E-state index < -0.39 is 0 Å². The van der Waals surface area contributed by atoms with Gasteiger partial charge in [-0.15, -0.1) is 0 Å². The Morgan fingerprint density at radius 1 is 1.08 bits per heavy atom. The molecule has 0 N–H and O–H groups in total. The Hall–Kier alpha value is -1.88. The first-order valence-electron chi connectivity index (χ1n) is 9.21. The van der Waals surface area contributed by atoms with Crippen molar-refractivity contribution in [3.63, 3.8) is 0 Å². The molecule has 2 aromatic rings. The molecule has 5 heteroatoms. The van der Waals surface area contributed by atoms with Gasteiger partial charge in [0, 0.05) is 38.4 Å². The van der Waals surface area contributed by atoms with Crippen molar-refractivity contribution in [2.45, 2.75) is 45.1 Å². The lowest BCUT2D eigenvalue weighted by Crippen LogP contribution is -2.52. The summed E-state index contributed by atoms with van der Waals surface area (Å²) < 4.78 is 1.92. The van der Waals surface area contributed by atoms with Gasteiger partial charge >= 0.3 is 0 Å². The lowest BCUT2D eigenvalue weighted by atomic mass is 9.94. The fourth-order valence-corrected chi connectivity index (χ4v) is 4.26. The zero-order valence-electron chi connectivity index (χ0n) is 14.4. The Labute approximate surface area is 143 Å². The molecule has 5 nitrogen and oxygen atoms in total. The zero-order valence-corrected chi connectivity index (χ0v) is 14.4. The second kappa shape index (κ2) is 6.55. The predicted molar refractivity (Wildman–Crippen MR) is 94.3 cm³/mol. The molecule has 3 heterocycles. The SMILES string of the molecule is Cc1nc2ccccn2c1C(=O)N1CCN(C2CCCCC2)CC1. The summed E-state index contributed by atoms with van der Waals surface area (Å²) in [5, 5.41) is 0. The minimum atomic E-state index is 0.120. The highest BCUT2D eigenvalue weighted by Crippen LogP contribution is 2.24. The molecule has 128 valence electrons. The monoisotopic (exact) mass is 326 g/mol. The van der Waals surface area contributed by atoms with Crippen LogP contribution in [0, 0.1) is 6.92 Å². The number of fused-ring (bicyclic) bond motifs is 1. The van der Waals surface area contributed by atoms with Crippen molar-refractivity contribution in [3.8, 4) is 0 Å². The number of rotatable bonds is 2. The first kappa shape index (κ1) is 15.6. The largest absolute Gasteiger partial charge is 0.335 e. The minimum Gasteiger partial charge on any atom is -0.335 e. The number of nitrogens with zero attached hydrogens (tertiary/aromatic N) is 4. The van der Waals surface area contributed by atoms with Crippen molar-refractivity contribution in [2.75, 3.05) is 26.2 Å². The maximum atomic E-state index is 13.0. The summed E-state index contributed by atoms with van der Waals surface area (Å²) in [4.78, 5) is 22.2. The van der Waals surface area contributed by atoms with Crippen LogP contribution in [-0.4, -0.2) is 57.3 Å². The van der Waals surface area contributed by atoms with Gasteiger partial charge in [0.05, 0.1) is 5.69 Å². The molecule has 0 atom stereocenters. The van der Waals surface area contributed by atoms with E-state index in [1.54, 1.807) is 0 Å². The molecular weight excluding hydrogens is 300 g/mol. The van der Waals surface area contributed by atoms with Crippen LogP contribution in [0.5, 0.6) is 0 Å². The highest BCUT2D eigenvalue weighted by Gasteiger charge is 2.29. The van der Waals surface area contributed by atoms with Crippen molar-refractivity contribution in [1.82, 2.24) is 19.2 Å². The number of pyridine rings is 1. The molecule has 0 unspecified atom stereocenters. The standard InChI is InChI=1S/C19H26N4O/c1-15-18(23-10-6-5-9-17(23)20-15)19(24)22-13-11-21(12-14-22)16-7-3-2-4-8-16/h5-6,9-10,16H,2-4,7-8,11-14H2,1H3. The van der Waals surface area contributed by atoms with Gasteiger partial charge in [-0.05, 0) is 31.9 Å². The molecule has 0 spiro atoms. The Bertz CT molecular complexity index is 724. The lowest BCUT2D eigenvalue weighted by Gasteiger charge is -2.40. The van der Waals surface area contributed by atoms with Gasteiger partial charge in [0.2, 0.25) is 0 Å². The van der Waals surface area contributed by atoms with Crippen molar-refractivity contribution in [2.24, 2.45) is 0 Å². The summed E-state index contributed by atoms with van der Waals surface area (Å²) >= 11 is 0. The molecule has 0 bridgehead atoms. The number of piperazine rings is 1. The normalized spacial score (nSPS) is 20.6. The highest BCUT2D eigenvalue weighted by molar-refractivity contribution is 5.94. The molecule has 2 aromatic heterocycles. The molecule has 1 amide bonds. The highest BCUT2D eigenvalue weighted by atomic mass is 16.2. The van der Waals surface area contributed by atoms with E-state index in [1.807, 2.05) is 40.6 Å². The first-order chi connectivity index (χ1) is 11.7. The van der Waals surface area contributed by atoms with Crippen LogP contribution in [0.3, 0.4) is 0 Å². The van der Waals surface area contributed by atoms with Gasteiger partial charge in [-0.1, -0.05) is 25.3 Å². The van der Waals surface area contributed by atoms with E-state index in [2.05, 4.69) is 9.88 Å². The van der Waals surface area contributed by atoms with E-state index in [0.717, 1.165) is 49.3 Å². The van der Waals surface area contributed by atoms with Crippen molar-refractivity contribution in [3.05, 3.63) is 35.8 Å². The van der Waals surface area contributed by atoms with Crippen LogP contribution < -0.4 is 0 Å². The van der Waals surface area contributed by atoms with Crippen molar-refractivity contribution in [1.29, 1.82) is 0 Å². The summed E-state index contributed by atoms with van der Waals surface area (Å²) in [5.74, 6) is 0.120. The van der Waals surface area contributed by atoms with Crippen LogP contribution in [0.4, 0.5) is 0 Å². The van der Waals surface area contributed by atoms with Crippen molar-refractivity contribution >= 4 is 11.6 Å². The molecule has 0 aromatic carbocycles. The van der Waals surface area contributed by atoms with E-state index in [1.165, 1.54) is 32.1 Å². The summed E-state index contributed by atoms with van der Waals surface area (Å²) in [5.41, 5.74) is 2.39. The second-order valence-corrected chi connectivity index (χ2v) is 7.09. The van der Waals surface area contributed by atoms with Gasteiger partial charge in [-0.25, -0.2) is 4.98 Å². The summed E-state index contributed by atoms with van der Waals surface area (Å²) in [7, 11) is 0. The first-order valence-corrected chi connectivity index (χ1v) is 9.21. The van der Waals surface area contributed by atoms with Gasteiger partial charge < -0.3 is 4.90 Å². The smallest absolute Gasteiger partial charge is 0.272 e. The third-order valence-corrected chi connectivity index (χ3v) is 5.60. The van der Waals surface area contributed by atoms with Gasteiger partial charge in [0.15, 0.2) is 0 Å². The zero-order chi connectivity index (χ0) is 16.5. The average Bonchev–Trinajstić information content (AvgIpc) is 2.98. The molecule has 4 rings (SSSR count). The number of carbonyl (C=O) groups excluding carboxylic acids is 1. The molecule has 2 fully saturated rings. The van der Waals surface area contributed by atoms with Crippen LogP contribution in [-0.2, 0) is 0 Å². The Kier molecular flexibility index (Phi) is 4.27. The van der Waals surface area contributed by atoms with Crippen LogP contribution >= 0.6 is 0 Å². The number of aryl methyl sites for hydroxylation is 1. The predicted octanol–water partition coefficient (Wildman–Crippen LogP) is 2.73. The fourth-order valence-electron chi connectivity index (χ4n) is 4.26.